The molecule has 2 aromatic carbocycles. The van der Waals surface area contributed by atoms with Crippen molar-refractivity contribution in [3.05, 3.63) is 95.1 Å². The van der Waals surface area contributed by atoms with Crippen LogP contribution in [0.4, 0.5) is 4.39 Å². The highest BCUT2D eigenvalue weighted by Crippen LogP contribution is 2.16. The van der Waals surface area contributed by atoms with Crippen molar-refractivity contribution in [2.45, 2.75) is 52.6 Å². The van der Waals surface area contributed by atoms with Crippen LogP contribution < -0.4 is 0 Å². The Kier molecular flexibility index (Phi) is 7.83. The quantitative estimate of drug-likeness (QED) is 0.375. The first-order valence-corrected chi connectivity index (χ1v) is 10.9. The van der Waals surface area contributed by atoms with Gasteiger partial charge in [0, 0.05) is 30.5 Å². The van der Waals surface area contributed by atoms with Crippen molar-refractivity contribution in [3.63, 3.8) is 0 Å². The zero-order chi connectivity index (χ0) is 21.3. The molecule has 1 heterocycles. The topological polar surface area (TPSA) is 25.2 Å². The minimum absolute atomic E-state index is 0.0725. The Morgan fingerprint density at radius 3 is 2.30 bits per heavy atom. The van der Waals surface area contributed by atoms with Gasteiger partial charge in [-0.05, 0) is 60.4 Å². The molecule has 3 aromatic rings. The summed E-state index contributed by atoms with van der Waals surface area (Å²) in [5.74, 6) is -0.156. The molecule has 0 aliphatic rings. The Balaban J connectivity index is 1.76. The Bertz CT molecular complexity index is 928. The molecule has 0 spiro atoms. The predicted molar refractivity (Wildman–Crippen MR) is 120 cm³/mol. The van der Waals surface area contributed by atoms with Crippen LogP contribution in [-0.4, -0.2) is 21.9 Å². The molecule has 1 aromatic heterocycles. The van der Waals surface area contributed by atoms with Crippen LogP contribution in [0.1, 0.15) is 60.3 Å². The summed E-state index contributed by atoms with van der Waals surface area (Å²) in [6.07, 6.45) is 6.20. The highest BCUT2D eigenvalue weighted by molar-refractivity contribution is 5.94. The van der Waals surface area contributed by atoms with Crippen LogP contribution in [0.3, 0.4) is 0 Å². The van der Waals surface area contributed by atoms with E-state index in [0.29, 0.717) is 13.1 Å². The molecule has 0 aliphatic heterocycles. The molecule has 3 nitrogen and oxygen atoms in total. The van der Waals surface area contributed by atoms with E-state index in [1.165, 1.54) is 17.7 Å². The summed E-state index contributed by atoms with van der Waals surface area (Å²) >= 11 is 0. The van der Waals surface area contributed by atoms with E-state index >= 15 is 0 Å². The number of hydrogen-bond acceptors (Lipinski definition) is 1. The summed E-state index contributed by atoms with van der Waals surface area (Å²) < 4.78 is 15.3. The van der Waals surface area contributed by atoms with E-state index in [2.05, 4.69) is 24.5 Å². The third-order valence-electron chi connectivity index (χ3n) is 5.47. The van der Waals surface area contributed by atoms with E-state index in [1.54, 1.807) is 12.1 Å². The van der Waals surface area contributed by atoms with Crippen molar-refractivity contribution in [1.82, 2.24) is 9.47 Å². The molecular weight excluding hydrogens is 375 g/mol. The minimum atomic E-state index is -0.228. The third kappa shape index (κ3) is 5.82. The smallest absolute Gasteiger partial charge is 0.254 e. The maximum Gasteiger partial charge on any atom is 0.254 e. The van der Waals surface area contributed by atoms with Gasteiger partial charge in [0.15, 0.2) is 0 Å². The van der Waals surface area contributed by atoms with E-state index in [0.717, 1.165) is 49.0 Å². The van der Waals surface area contributed by atoms with Crippen LogP contribution in [-0.2, 0) is 19.5 Å². The van der Waals surface area contributed by atoms with Crippen LogP contribution in [0.2, 0.25) is 0 Å². The number of aromatic nitrogens is 1. The number of carbonyl (C=O) groups excluding carboxylic acids is 1. The number of unbranched alkanes of at least 4 members (excludes halogenated alkanes) is 2. The number of nitrogens with zero attached hydrogens (tertiary/aromatic N) is 2. The number of aryl methyl sites for hydroxylation is 1. The maximum atomic E-state index is 13.2. The average Bonchev–Trinajstić information content (AvgIpc) is 3.21. The summed E-state index contributed by atoms with van der Waals surface area (Å²) in [7, 11) is 0. The zero-order valence-electron chi connectivity index (χ0n) is 18.0. The lowest BCUT2D eigenvalue weighted by Crippen LogP contribution is -2.32. The maximum absolute atomic E-state index is 13.2. The van der Waals surface area contributed by atoms with E-state index in [4.69, 9.17) is 0 Å². The molecule has 158 valence electrons. The Morgan fingerprint density at radius 2 is 1.63 bits per heavy atom. The number of rotatable bonds is 10. The van der Waals surface area contributed by atoms with Gasteiger partial charge >= 0.3 is 0 Å². The summed E-state index contributed by atoms with van der Waals surface area (Å²) in [6, 6.07) is 18.6. The molecular formula is C26H31FN2O. The van der Waals surface area contributed by atoms with Gasteiger partial charge in [-0.15, -0.1) is 0 Å². The summed E-state index contributed by atoms with van der Waals surface area (Å²) in [6.45, 7) is 6.24. The number of carbonyl (C=O) groups is 1. The first kappa shape index (κ1) is 21.8. The van der Waals surface area contributed by atoms with E-state index in [1.807, 2.05) is 41.4 Å². The first-order valence-electron chi connectivity index (χ1n) is 10.9. The molecule has 4 heteroatoms. The lowest BCUT2D eigenvalue weighted by molar-refractivity contribution is 0.0736. The van der Waals surface area contributed by atoms with Crippen LogP contribution in [0.15, 0.2) is 66.9 Å². The molecule has 0 radical (unpaired) electrons. The van der Waals surface area contributed by atoms with Crippen LogP contribution in [0, 0.1) is 5.82 Å². The zero-order valence-corrected chi connectivity index (χ0v) is 18.0. The minimum Gasteiger partial charge on any atom is -0.345 e. The fraction of sp³-hybridized carbons (Fsp3) is 0.346. The van der Waals surface area contributed by atoms with Gasteiger partial charge in [0.05, 0.1) is 6.54 Å². The van der Waals surface area contributed by atoms with Gasteiger partial charge in [0.1, 0.15) is 5.82 Å². The highest BCUT2D eigenvalue weighted by atomic mass is 19.1. The molecule has 0 saturated heterocycles. The lowest BCUT2D eigenvalue weighted by Gasteiger charge is -2.24. The van der Waals surface area contributed by atoms with Gasteiger partial charge in [0.2, 0.25) is 0 Å². The normalized spacial score (nSPS) is 10.9. The Hall–Kier alpha value is -2.88. The van der Waals surface area contributed by atoms with E-state index in [-0.39, 0.29) is 11.7 Å². The van der Waals surface area contributed by atoms with Gasteiger partial charge in [-0.2, -0.15) is 0 Å². The Labute approximate surface area is 179 Å². The predicted octanol–water partition coefficient (Wildman–Crippen LogP) is 6.07. The molecule has 0 bridgehead atoms. The fourth-order valence-electron chi connectivity index (χ4n) is 3.60. The molecule has 30 heavy (non-hydrogen) atoms. The SMILES string of the molecule is CCCCCN(Cc1cccn1Cc1ccc(F)cc1)C(=O)c1ccc(CC)cc1. The van der Waals surface area contributed by atoms with Gasteiger partial charge in [-0.1, -0.05) is 51.0 Å². The van der Waals surface area contributed by atoms with Crippen molar-refractivity contribution in [2.75, 3.05) is 6.54 Å². The van der Waals surface area contributed by atoms with Crippen LogP contribution in [0.5, 0.6) is 0 Å². The van der Waals surface area contributed by atoms with E-state index < -0.39 is 0 Å². The monoisotopic (exact) mass is 406 g/mol. The molecule has 0 unspecified atom stereocenters. The van der Waals surface area contributed by atoms with E-state index in [9.17, 15) is 9.18 Å². The van der Waals surface area contributed by atoms with Crippen molar-refractivity contribution in [1.29, 1.82) is 0 Å². The molecule has 0 aliphatic carbocycles. The van der Waals surface area contributed by atoms with Crippen molar-refractivity contribution in [2.24, 2.45) is 0 Å². The van der Waals surface area contributed by atoms with Crippen LogP contribution in [0.25, 0.3) is 0 Å². The second kappa shape index (κ2) is 10.8. The average molecular weight is 407 g/mol. The van der Waals surface area contributed by atoms with Crippen molar-refractivity contribution < 1.29 is 9.18 Å². The number of halogens is 1. The number of benzene rings is 2. The highest BCUT2D eigenvalue weighted by Gasteiger charge is 2.17. The molecule has 3 rings (SSSR count). The van der Waals surface area contributed by atoms with Gasteiger partial charge in [-0.25, -0.2) is 4.39 Å². The molecule has 0 fully saturated rings. The standard InChI is InChI=1S/C26H31FN2O/c1-3-5-6-17-29(26(30)23-13-9-21(4-2)10-14-23)20-25-8-7-18-28(25)19-22-11-15-24(27)16-12-22/h7-16,18H,3-6,17,19-20H2,1-2H3. The second-order valence-corrected chi connectivity index (χ2v) is 7.74. The fourth-order valence-corrected chi connectivity index (χ4v) is 3.60. The first-order chi connectivity index (χ1) is 14.6. The summed E-state index contributed by atoms with van der Waals surface area (Å²) in [4.78, 5) is 15.2. The summed E-state index contributed by atoms with van der Waals surface area (Å²) in [5.41, 5.74) is 4.08. The summed E-state index contributed by atoms with van der Waals surface area (Å²) in [5, 5.41) is 0. The van der Waals surface area contributed by atoms with Crippen molar-refractivity contribution in [3.8, 4) is 0 Å². The Morgan fingerprint density at radius 1 is 0.933 bits per heavy atom. The molecule has 0 saturated carbocycles. The third-order valence-corrected chi connectivity index (χ3v) is 5.47. The van der Waals surface area contributed by atoms with Crippen molar-refractivity contribution >= 4 is 5.91 Å². The van der Waals surface area contributed by atoms with Crippen LogP contribution >= 0.6 is 0 Å². The van der Waals surface area contributed by atoms with Gasteiger partial charge in [-0.3, -0.25) is 4.79 Å². The molecule has 1 amide bonds. The van der Waals surface area contributed by atoms with Gasteiger partial charge < -0.3 is 9.47 Å². The lowest BCUT2D eigenvalue weighted by atomic mass is 10.1. The molecule has 0 atom stereocenters. The number of amides is 1. The number of hydrogen-bond donors (Lipinski definition) is 0. The van der Waals surface area contributed by atoms with Gasteiger partial charge in [0.25, 0.3) is 5.91 Å². The largest absolute Gasteiger partial charge is 0.345 e. The second-order valence-electron chi connectivity index (χ2n) is 7.74. The molecule has 0 N–H and O–H groups in total.